The molecule has 1 amide bonds. The average molecular weight is 349 g/mol. The van der Waals surface area contributed by atoms with E-state index in [2.05, 4.69) is 0 Å². The molecule has 1 heterocycles. The molecule has 2 rings (SSSR count). The summed E-state index contributed by atoms with van der Waals surface area (Å²) in [6.45, 7) is 0.738. The number of rotatable bonds is 3. The Morgan fingerprint density at radius 2 is 1.95 bits per heavy atom. The molecule has 22 heavy (non-hydrogen) atoms. The van der Waals surface area contributed by atoms with E-state index < -0.39 is 21.7 Å². The molecule has 1 aliphatic heterocycles. The van der Waals surface area contributed by atoms with E-state index in [1.165, 1.54) is 34.5 Å². The molecule has 1 aromatic rings. The Labute approximate surface area is 134 Å². The molecule has 0 radical (unpaired) electrons. The normalized spacial score (nSPS) is 17.0. The van der Waals surface area contributed by atoms with Crippen LogP contribution in [0.15, 0.2) is 18.2 Å². The van der Waals surface area contributed by atoms with Crippen molar-refractivity contribution in [2.75, 3.05) is 26.4 Å². The Morgan fingerprint density at radius 3 is 2.45 bits per heavy atom. The number of piperidine rings is 1. The Kier molecular flexibility index (Phi) is 5.09. The van der Waals surface area contributed by atoms with Crippen LogP contribution >= 0.6 is 11.6 Å². The summed E-state index contributed by atoms with van der Waals surface area (Å²) in [5, 5.41) is 0.0837. The molecule has 0 bridgehead atoms. The van der Waals surface area contributed by atoms with Crippen LogP contribution in [0, 0.1) is 5.82 Å². The molecule has 1 saturated heterocycles. The number of amides is 1. The number of nitrogens with zero attached hydrogens (tertiary/aromatic N) is 2. The molecule has 0 spiro atoms. The molecule has 0 unspecified atom stereocenters. The fourth-order valence-corrected chi connectivity index (χ4v) is 3.56. The van der Waals surface area contributed by atoms with Gasteiger partial charge in [0, 0.05) is 26.2 Å². The zero-order valence-electron chi connectivity index (χ0n) is 12.4. The summed E-state index contributed by atoms with van der Waals surface area (Å²) in [7, 11) is -1.72. The lowest BCUT2D eigenvalue weighted by atomic mass is 10.0. The minimum Gasteiger partial charge on any atom is -0.338 e. The van der Waals surface area contributed by atoms with Crippen LogP contribution in [0.25, 0.3) is 0 Å². The number of sulfonamides is 1. The Hall–Kier alpha value is -1.18. The van der Waals surface area contributed by atoms with Gasteiger partial charge in [-0.1, -0.05) is 17.7 Å². The number of likely N-dealkylation sites (tertiary alicyclic amines) is 1. The molecule has 0 aliphatic carbocycles. The van der Waals surface area contributed by atoms with Crippen molar-refractivity contribution in [1.82, 2.24) is 9.21 Å². The summed E-state index contributed by atoms with van der Waals surface area (Å²) in [4.78, 5) is 13.9. The van der Waals surface area contributed by atoms with E-state index in [1.807, 2.05) is 0 Å². The van der Waals surface area contributed by atoms with E-state index in [4.69, 9.17) is 11.6 Å². The first kappa shape index (κ1) is 17.2. The van der Waals surface area contributed by atoms with E-state index in [-0.39, 0.29) is 16.6 Å². The third kappa shape index (κ3) is 3.59. The minimum absolute atomic E-state index is 0.0837. The second-order valence-corrected chi connectivity index (χ2v) is 7.85. The molecule has 0 atom stereocenters. The zero-order valence-corrected chi connectivity index (χ0v) is 14.0. The van der Waals surface area contributed by atoms with E-state index in [0.717, 1.165) is 6.26 Å². The predicted octanol–water partition coefficient (Wildman–Crippen LogP) is 1.98. The summed E-state index contributed by atoms with van der Waals surface area (Å²) < 4.78 is 38.2. The highest BCUT2D eigenvalue weighted by Crippen LogP contribution is 2.24. The van der Waals surface area contributed by atoms with Gasteiger partial charge in [-0.15, -0.1) is 0 Å². The van der Waals surface area contributed by atoms with Gasteiger partial charge in [0.2, 0.25) is 10.0 Å². The third-order valence-corrected chi connectivity index (χ3v) is 5.63. The lowest BCUT2D eigenvalue weighted by Gasteiger charge is -2.35. The number of carbonyl (C=O) groups excluding carboxylic acids is 1. The SMILES string of the molecule is CN(C1CCN(C(=O)c2c(F)cccc2Cl)CC1)S(C)(=O)=O. The molecule has 0 N–H and O–H groups in total. The topological polar surface area (TPSA) is 57.7 Å². The second-order valence-electron chi connectivity index (χ2n) is 5.40. The average Bonchev–Trinajstić information content (AvgIpc) is 2.45. The Morgan fingerprint density at radius 1 is 1.36 bits per heavy atom. The number of carbonyl (C=O) groups is 1. The van der Waals surface area contributed by atoms with E-state index in [0.29, 0.717) is 25.9 Å². The zero-order chi connectivity index (χ0) is 16.5. The molecule has 1 aromatic carbocycles. The van der Waals surface area contributed by atoms with Crippen molar-refractivity contribution in [3.63, 3.8) is 0 Å². The number of halogens is 2. The third-order valence-electron chi connectivity index (χ3n) is 3.97. The van der Waals surface area contributed by atoms with Crippen LogP contribution in [0.5, 0.6) is 0 Å². The molecule has 5 nitrogen and oxygen atoms in total. The first-order valence-corrected chi connectivity index (χ1v) is 9.10. The van der Waals surface area contributed by atoms with Crippen LogP contribution in [0.1, 0.15) is 23.2 Å². The van der Waals surface area contributed by atoms with Crippen LogP contribution in [0.3, 0.4) is 0 Å². The van der Waals surface area contributed by atoms with Crippen LogP contribution < -0.4 is 0 Å². The van der Waals surface area contributed by atoms with Gasteiger partial charge in [-0.3, -0.25) is 4.79 Å². The number of hydrogen-bond acceptors (Lipinski definition) is 3. The maximum Gasteiger partial charge on any atom is 0.258 e. The van der Waals surface area contributed by atoms with Crippen molar-refractivity contribution >= 4 is 27.5 Å². The molecule has 0 aromatic heterocycles. The summed E-state index contributed by atoms with van der Waals surface area (Å²) in [5.74, 6) is -1.10. The molecule has 8 heteroatoms. The van der Waals surface area contributed by atoms with Crippen LogP contribution in [0.4, 0.5) is 4.39 Å². The largest absolute Gasteiger partial charge is 0.338 e. The Bertz CT molecular complexity index is 652. The standard InChI is InChI=1S/C14H18ClFN2O3S/c1-17(22(2,20)21)10-6-8-18(9-7-10)14(19)13-11(15)4-3-5-12(13)16/h3-5,10H,6-9H2,1-2H3. The van der Waals surface area contributed by atoms with E-state index in [1.54, 1.807) is 0 Å². The second kappa shape index (κ2) is 6.52. The predicted molar refractivity (Wildman–Crippen MR) is 82.9 cm³/mol. The van der Waals surface area contributed by atoms with Crippen molar-refractivity contribution in [3.8, 4) is 0 Å². The first-order valence-electron chi connectivity index (χ1n) is 6.88. The van der Waals surface area contributed by atoms with Gasteiger partial charge in [0.05, 0.1) is 16.8 Å². The Balaban J connectivity index is 2.07. The maximum atomic E-state index is 13.8. The monoisotopic (exact) mass is 348 g/mol. The van der Waals surface area contributed by atoms with Gasteiger partial charge < -0.3 is 4.90 Å². The molecular weight excluding hydrogens is 331 g/mol. The molecule has 0 saturated carbocycles. The first-order chi connectivity index (χ1) is 10.2. The molecule has 1 fully saturated rings. The highest BCUT2D eigenvalue weighted by molar-refractivity contribution is 7.88. The van der Waals surface area contributed by atoms with Crippen molar-refractivity contribution in [3.05, 3.63) is 34.6 Å². The molecular formula is C14H18ClFN2O3S. The van der Waals surface area contributed by atoms with Crippen LogP contribution in [0.2, 0.25) is 5.02 Å². The van der Waals surface area contributed by atoms with Gasteiger partial charge >= 0.3 is 0 Å². The van der Waals surface area contributed by atoms with E-state index >= 15 is 0 Å². The highest BCUT2D eigenvalue weighted by atomic mass is 35.5. The van der Waals surface area contributed by atoms with Crippen molar-refractivity contribution < 1.29 is 17.6 Å². The molecule has 122 valence electrons. The van der Waals surface area contributed by atoms with Gasteiger partial charge in [0.15, 0.2) is 0 Å². The van der Waals surface area contributed by atoms with Crippen LogP contribution in [-0.4, -0.2) is 56.0 Å². The lowest BCUT2D eigenvalue weighted by Crippen LogP contribution is -2.47. The summed E-state index contributed by atoms with van der Waals surface area (Å²) in [6, 6.07) is 3.97. The molecule has 1 aliphatic rings. The van der Waals surface area contributed by atoms with Gasteiger partial charge in [-0.25, -0.2) is 17.1 Å². The van der Waals surface area contributed by atoms with Gasteiger partial charge in [0.25, 0.3) is 5.91 Å². The number of benzene rings is 1. The van der Waals surface area contributed by atoms with Gasteiger partial charge in [-0.2, -0.15) is 0 Å². The van der Waals surface area contributed by atoms with Crippen molar-refractivity contribution in [2.24, 2.45) is 0 Å². The smallest absolute Gasteiger partial charge is 0.258 e. The van der Waals surface area contributed by atoms with Crippen molar-refractivity contribution in [2.45, 2.75) is 18.9 Å². The van der Waals surface area contributed by atoms with Crippen LogP contribution in [-0.2, 0) is 10.0 Å². The summed E-state index contributed by atoms with van der Waals surface area (Å²) >= 11 is 5.91. The lowest BCUT2D eigenvalue weighted by molar-refractivity contribution is 0.0682. The van der Waals surface area contributed by atoms with Gasteiger partial charge in [0.1, 0.15) is 5.82 Å². The summed E-state index contributed by atoms with van der Waals surface area (Å²) in [6.07, 6.45) is 2.19. The fraction of sp³-hybridized carbons (Fsp3) is 0.500. The minimum atomic E-state index is -3.26. The maximum absolute atomic E-state index is 13.8. The number of hydrogen-bond donors (Lipinski definition) is 0. The highest BCUT2D eigenvalue weighted by Gasteiger charge is 2.30. The summed E-state index contributed by atoms with van der Waals surface area (Å²) in [5.41, 5.74) is -0.126. The van der Waals surface area contributed by atoms with Crippen molar-refractivity contribution in [1.29, 1.82) is 0 Å². The van der Waals surface area contributed by atoms with E-state index in [9.17, 15) is 17.6 Å². The quantitative estimate of drug-likeness (QED) is 0.839. The van der Waals surface area contributed by atoms with Gasteiger partial charge in [-0.05, 0) is 25.0 Å². The fourth-order valence-electron chi connectivity index (χ4n) is 2.56.